The van der Waals surface area contributed by atoms with Gasteiger partial charge in [0.25, 0.3) is 0 Å². The van der Waals surface area contributed by atoms with Crippen molar-refractivity contribution in [3.8, 4) is 0 Å². The normalized spacial score (nSPS) is 11.1. The summed E-state index contributed by atoms with van der Waals surface area (Å²) < 4.78 is 0. The van der Waals surface area contributed by atoms with Crippen LogP contribution in [0.3, 0.4) is 0 Å². The van der Waals surface area contributed by atoms with Crippen LogP contribution in [0.15, 0.2) is 103 Å². The monoisotopic (exact) mass is 373 g/mol. The van der Waals surface area contributed by atoms with Gasteiger partial charge in [-0.3, -0.25) is 0 Å². The maximum absolute atomic E-state index is 2.38. The molecule has 0 saturated carbocycles. The van der Waals surface area contributed by atoms with Gasteiger partial charge in [-0.15, -0.1) is 0 Å². The largest absolute Gasteiger partial charge is 0.310 e. The molecule has 0 spiro atoms. The summed E-state index contributed by atoms with van der Waals surface area (Å²) in [6.45, 7) is 4.30. The fraction of sp³-hybridized carbons (Fsp3) is 0.0714. The van der Waals surface area contributed by atoms with Gasteiger partial charge in [0.05, 0.1) is 5.69 Å². The van der Waals surface area contributed by atoms with Crippen LogP contribution in [0.4, 0.5) is 17.1 Å². The molecule has 0 aliphatic rings. The van der Waals surface area contributed by atoms with E-state index in [0.717, 1.165) is 0 Å². The lowest BCUT2D eigenvalue weighted by atomic mass is 9.99. The van der Waals surface area contributed by atoms with E-state index >= 15 is 0 Å². The van der Waals surface area contributed by atoms with E-state index in [4.69, 9.17) is 0 Å². The van der Waals surface area contributed by atoms with Crippen molar-refractivity contribution in [3.63, 3.8) is 0 Å². The van der Waals surface area contributed by atoms with Crippen molar-refractivity contribution < 1.29 is 0 Å². The Kier molecular flexibility index (Phi) is 4.29. The third-order valence-corrected chi connectivity index (χ3v) is 5.51. The average Bonchev–Trinajstić information content (AvgIpc) is 2.74. The molecule has 0 N–H and O–H groups in total. The van der Waals surface area contributed by atoms with Crippen molar-refractivity contribution in [2.75, 3.05) is 4.90 Å². The van der Waals surface area contributed by atoms with Crippen LogP contribution >= 0.6 is 0 Å². The van der Waals surface area contributed by atoms with Gasteiger partial charge >= 0.3 is 0 Å². The first-order valence-corrected chi connectivity index (χ1v) is 10.0. The molecule has 0 unspecified atom stereocenters. The molecule has 29 heavy (non-hydrogen) atoms. The maximum Gasteiger partial charge on any atom is 0.0546 e. The van der Waals surface area contributed by atoms with E-state index in [-0.39, 0.29) is 0 Å². The molecule has 5 aromatic rings. The third-order valence-electron chi connectivity index (χ3n) is 5.51. The van der Waals surface area contributed by atoms with Crippen LogP contribution < -0.4 is 4.90 Å². The van der Waals surface area contributed by atoms with Gasteiger partial charge in [0, 0.05) is 16.8 Å². The molecule has 0 atom stereocenters. The number of rotatable bonds is 3. The Hall–Kier alpha value is -3.58. The van der Waals surface area contributed by atoms with Crippen molar-refractivity contribution in [2.24, 2.45) is 0 Å². The van der Waals surface area contributed by atoms with Crippen molar-refractivity contribution in [1.82, 2.24) is 0 Å². The third kappa shape index (κ3) is 3.15. The number of fused-ring (bicyclic) bond motifs is 3. The van der Waals surface area contributed by atoms with E-state index in [0.29, 0.717) is 0 Å². The smallest absolute Gasteiger partial charge is 0.0546 e. The van der Waals surface area contributed by atoms with Crippen LogP contribution in [-0.4, -0.2) is 0 Å². The summed E-state index contributed by atoms with van der Waals surface area (Å²) in [7, 11) is 0. The molecule has 0 aliphatic carbocycles. The van der Waals surface area contributed by atoms with E-state index in [1.165, 1.54) is 49.7 Å². The quantitative estimate of drug-likeness (QED) is 0.289. The summed E-state index contributed by atoms with van der Waals surface area (Å²) in [6, 6.07) is 37.2. The minimum absolute atomic E-state index is 1.18. The Bertz CT molecular complexity index is 1290. The van der Waals surface area contributed by atoms with Crippen LogP contribution in [-0.2, 0) is 0 Å². The number of aryl methyl sites for hydroxylation is 2. The van der Waals surface area contributed by atoms with Gasteiger partial charge < -0.3 is 4.90 Å². The standard InChI is InChI=1S/C28H23N/c1-20-9-7-12-23(17-20)29(24-13-8-10-21(2)18-24)28-19-22-11-3-4-14-25(22)26-15-5-6-16-27(26)28/h3-19H,1-2H3. The zero-order valence-electron chi connectivity index (χ0n) is 16.8. The lowest BCUT2D eigenvalue weighted by molar-refractivity contribution is 1.27. The molecule has 0 fully saturated rings. The number of benzene rings is 5. The summed E-state index contributed by atoms with van der Waals surface area (Å²) >= 11 is 0. The van der Waals surface area contributed by atoms with Gasteiger partial charge in [0.2, 0.25) is 0 Å². The number of anilines is 3. The number of nitrogens with zero attached hydrogens (tertiary/aromatic N) is 1. The molecule has 5 rings (SSSR count). The topological polar surface area (TPSA) is 3.24 Å². The van der Waals surface area contributed by atoms with Crippen LogP contribution in [0, 0.1) is 13.8 Å². The second-order valence-electron chi connectivity index (χ2n) is 7.68. The molecule has 1 nitrogen and oxygen atoms in total. The zero-order valence-corrected chi connectivity index (χ0v) is 16.8. The van der Waals surface area contributed by atoms with E-state index < -0.39 is 0 Å². The molecule has 140 valence electrons. The van der Waals surface area contributed by atoms with E-state index in [1.54, 1.807) is 0 Å². The highest BCUT2D eigenvalue weighted by atomic mass is 15.1. The van der Waals surface area contributed by atoms with Gasteiger partial charge in [0.1, 0.15) is 0 Å². The molecular formula is C28H23N. The van der Waals surface area contributed by atoms with Gasteiger partial charge in [-0.25, -0.2) is 0 Å². The van der Waals surface area contributed by atoms with E-state index in [1.807, 2.05) is 0 Å². The van der Waals surface area contributed by atoms with Crippen molar-refractivity contribution in [3.05, 3.63) is 114 Å². The first-order chi connectivity index (χ1) is 14.2. The molecule has 0 aliphatic heterocycles. The second kappa shape index (κ2) is 7.10. The molecule has 0 bridgehead atoms. The van der Waals surface area contributed by atoms with Gasteiger partial charge in [-0.05, 0) is 71.5 Å². The summed E-state index contributed by atoms with van der Waals surface area (Å²) in [5.74, 6) is 0. The predicted molar refractivity (Wildman–Crippen MR) is 126 cm³/mol. The van der Waals surface area contributed by atoms with Gasteiger partial charge in [0.15, 0.2) is 0 Å². The highest BCUT2D eigenvalue weighted by molar-refractivity contribution is 6.14. The lowest BCUT2D eigenvalue weighted by Crippen LogP contribution is -2.11. The molecular weight excluding hydrogens is 350 g/mol. The Morgan fingerprint density at radius 3 is 1.66 bits per heavy atom. The van der Waals surface area contributed by atoms with Crippen LogP contribution in [0.5, 0.6) is 0 Å². The Labute approximate surface area is 171 Å². The molecule has 0 aromatic heterocycles. The predicted octanol–water partition coefficient (Wildman–Crippen LogP) is 8.08. The molecule has 5 aromatic carbocycles. The highest BCUT2D eigenvalue weighted by Crippen LogP contribution is 2.42. The minimum Gasteiger partial charge on any atom is -0.310 e. The highest BCUT2D eigenvalue weighted by Gasteiger charge is 2.17. The van der Waals surface area contributed by atoms with Crippen molar-refractivity contribution in [1.29, 1.82) is 0 Å². The molecule has 0 radical (unpaired) electrons. The van der Waals surface area contributed by atoms with Crippen LogP contribution in [0.2, 0.25) is 0 Å². The Morgan fingerprint density at radius 1 is 0.483 bits per heavy atom. The first kappa shape index (κ1) is 17.5. The van der Waals surface area contributed by atoms with Crippen molar-refractivity contribution >= 4 is 38.6 Å². The second-order valence-corrected chi connectivity index (χ2v) is 7.68. The maximum atomic E-state index is 2.38. The minimum atomic E-state index is 1.18. The summed E-state index contributed by atoms with van der Waals surface area (Å²) in [5, 5.41) is 5.09. The summed E-state index contributed by atoms with van der Waals surface area (Å²) in [6.07, 6.45) is 0. The van der Waals surface area contributed by atoms with Crippen LogP contribution in [0.25, 0.3) is 21.5 Å². The molecule has 1 heteroatoms. The molecule has 0 saturated heterocycles. The SMILES string of the molecule is Cc1cccc(N(c2cccc(C)c2)c2cc3ccccc3c3ccccc23)c1. The average molecular weight is 373 g/mol. The van der Waals surface area contributed by atoms with Gasteiger partial charge in [-0.2, -0.15) is 0 Å². The Balaban J connectivity index is 1.88. The van der Waals surface area contributed by atoms with E-state index in [9.17, 15) is 0 Å². The number of hydrogen-bond acceptors (Lipinski definition) is 1. The van der Waals surface area contributed by atoms with E-state index in [2.05, 4.69) is 122 Å². The number of hydrogen-bond donors (Lipinski definition) is 0. The van der Waals surface area contributed by atoms with Crippen molar-refractivity contribution in [2.45, 2.75) is 13.8 Å². The first-order valence-electron chi connectivity index (χ1n) is 10.0. The zero-order chi connectivity index (χ0) is 19.8. The lowest BCUT2D eigenvalue weighted by Gasteiger charge is -2.28. The van der Waals surface area contributed by atoms with Gasteiger partial charge in [-0.1, -0.05) is 72.8 Å². The fourth-order valence-electron chi connectivity index (χ4n) is 4.18. The fourth-order valence-corrected chi connectivity index (χ4v) is 4.18. The molecule has 0 heterocycles. The molecule has 0 amide bonds. The summed E-state index contributed by atoms with van der Waals surface area (Å²) in [4.78, 5) is 2.38. The van der Waals surface area contributed by atoms with Crippen LogP contribution in [0.1, 0.15) is 11.1 Å². The summed E-state index contributed by atoms with van der Waals surface area (Å²) in [5.41, 5.74) is 6.07. The Morgan fingerprint density at radius 2 is 1.03 bits per heavy atom.